The van der Waals surface area contributed by atoms with Crippen molar-refractivity contribution in [3.8, 4) is 5.75 Å². The highest BCUT2D eigenvalue weighted by atomic mass is 35.5. The maximum atomic E-state index is 13.0. The van der Waals surface area contributed by atoms with E-state index in [2.05, 4.69) is 0 Å². The van der Waals surface area contributed by atoms with Crippen molar-refractivity contribution in [2.75, 3.05) is 32.1 Å². The van der Waals surface area contributed by atoms with Crippen LogP contribution in [0.15, 0.2) is 53.4 Å². The molecule has 2 atom stereocenters. The van der Waals surface area contributed by atoms with Crippen molar-refractivity contribution >= 4 is 35.8 Å². The molecule has 0 aliphatic carbocycles. The highest BCUT2D eigenvalue weighted by Gasteiger charge is 2.37. The number of hydrogen-bond donors (Lipinski definition) is 2. The number of aliphatic hydroxyl groups excluding tert-OH is 1. The molecule has 0 aromatic heterocycles. The van der Waals surface area contributed by atoms with Crippen LogP contribution in [0.2, 0.25) is 0 Å². The minimum absolute atomic E-state index is 0. The molecule has 2 aromatic rings. The third-order valence-corrected chi connectivity index (χ3v) is 5.59. The Balaban J connectivity index is 0.00000243. The number of halogens is 1. The molecule has 26 heavy (non-hydrogen) atoms. The quantitative estimate of drug-likeness (QED) is 0.834. The van der Waals surface area contributed by atoms with Crippen LogP contribution >= 0.6 is 24.2 Å². The molecule has 1 unspecified atom stereocenters. The van der Waals surface area contributed by atoms with Gasteiger partial charge in [-0.2, -0.15) is 0 Å². The summed E-state index contributed by atoms with van der Waals surface area (Å²) in [6.07, 6.45) is -1.15. The minimum atomic E-state index is -1.15. The molecule has 0 bridgehead atoms. The maximum absolute atomic E-state index is 13.0. The number of amides is 1. The molecule has 140 valence electrons. The van der Waals surface area contributed by atoms with Gasteiger partial charge in [-0.1, -0.05) is 24.3 Å². The van der Waals surface area contributed by atoms with Gasteiger partial charge in [0.15, 0.2) is 0 Å². The molecule has 5 nitrogen and oxygen atoms in total. The van der Waals surface area contributed by atoms with Crippen molar-refractivity contribution < 1.29 is 15.0 Å². The molecule has 0 fully saturated rings. The number of aliphatic hydroxyl groups is 1. The topological polar surface area (TPSA) is 64.0 Å². The van der Waals surface area contributed by atoms with Gasteiger partial charge in [-0.25, -0.2) is 0 Å². The largest absolute Gasteiger partial charge is 0.508 e. The minimum Gasteiger partial charge on any atom is -0.508 e. The van der Waals surface area contributed by atoms with Crippen LogP contribution in [0.5, 0.6) is 5.75 Å². The number of nitrogens with zero attached hydrogens (tertiary/aromatic N) is 2. The molecule has 7 heteroatoms. The SMILES string of the molecule is CN(C)CCN1C(=O)[C@@H](O)C(c2ccc(O)cc2)Sc2ccccc21.Cl. The standard InChI is InChI=1S/C19H22N2O3S.ClH/c1-20(2)11-12-21-15-5-3-4-6-16(15)25-18(17(23)19(21)24)13-7-9-14(22)10-8-13;/h3-10,17-18,22-23H,11-12H2,1-2H3;1H/t17-,18?;/m0./s1. The second kappa shape index (κ2) is 8.77. The van der Waals surface area contributed by atoms with Gasteiger partial charge in [0.25, 0.3) is 5.91 Å². The van der Waals surface area contributed by atoms with Crippen LogP contribution in [0.3, 0.4) is 0 Å². The Hall–Kier alpha value is -1.73. The zero-order valence-corrected chi connectivity index (χ0v) is 16.3. The first-order valence-corrected chi connectivity index (χ1v) is 9.04. The summed E-state index contributed by atoms with van der Waals surface area (Å²) in [5.41, 5.74) is 1.65. The number of likely N-dealkylation sites (N-methyl/N-ethyl adjacent to an activating group) is 1. The maximum Gasteiger partial charge on any atom is 0.257 e. The van der Waals surface area contributed by atoms with Gasteiger partial charge in [0.05, 0.1) is 10.9 Å². The van der Waals surface area contributed by atoms with Crippen LogP contribution in [-0.4, -0.2) is 54.3 Å². The summed E-state index contributed by atoms with van der Waals surface area (Å²) in [5.74, 6) is -0.131. The number of rotatable bonds is 4. The zero-order valence-electron chi connectivity index (χ0n) is 14.7. The van der Waals surface area contributed by atoms with Crippen LogP contribution in [0, 0.1) is 0 Å². The van der Waals surface area contributed by atoms with Crippen molar-refractivity contribution in [2.24, 2.45) is 0 Å². The van der Waals surface area contributed by atoms with Gasteiger partial charge in [0.2, 0.25) is 0 Å². The van der Waals surface area contributed by atoms with Crippen LogP contribution in [0.1, 0.15) is 10.8 Å². The predicted molar refractivity (Wildman–Crippen MR) is 107 cm³/mol. The fourth-order valence-corrected chi connectivity index (χ4v) is 4.10. The van der Waals surface area contributed by atoms with Gasteiger partial charge in [0, 0.05) is 18.0 Å². The van der Waals surface area contributed by atoms with Gasteiger partial charge >= 0.3 is 0 Å². The van der Waals surface area contributed by atoms with Crippen molar-refractivity contribution in [2.45, 2.75) is 16.2 Å². The third-order valence-electron chi connectivity index (χ3n) is 4.21. The Labute approximate surface area is 164 Å². The second-order valence-corrected chi connectivity index (χ2v) is 7.52. The monoisotopic (exact) mass is 394 g/mol. The molecule has 0 spiro atoms. The van der Waals surface area contributed by atoms with E-state index in [0.717, 1.165) is 16.1 Å². The average Bonchev–Trinajstić information content (AvgIpc) is 2.70. The number of phenols is 1. The Morgan fingerprint density at radius 1 is 1.12 bits per heavy atom. The van der Waals surface area contributed by atoms with E-state index in [1.165, 1.54) is 11.8 Å². The number of carbonyl (C=O) groups is 1. The van der Waals surface area contributed by atoms with Gasteiger partial charge in [-0.3, -0.25) is 4.79 Å². The Morgan fingerprint density at radius 2 is 1.77 bits per heavy atom. The summed E-state index contributed by atoms with van der Waals surface area (Å²) >= 11 is 1.48. The van der Waals surface area contributed by atoms with Crippen LogP contribution in [0.25, 0.3) is 0 Å². The molecule has 2 aromatic carbocycles. The number of phenolic OH excluding ortho intramolecular Hbond substituents is 1. The van der Waals surface area contributed by atoms with Crippen LogP contribution < -0.4 is 4.90 Å². The van der Waals surface area contributed by atoms with E-state index in [1.807, 2.05) is 43.3 Å². The molecule has 0 saturated carbocycles. The van der Waals surface area contributed by atoms with E-state index in [0.29, 0.717) is 13.1 Å². The molecule has 2 N–H and O–H groups in total. The van der Waals surface area contributed by atoms with Gasteiger partial charge < -0.3 is 20.0 Å². The number of anilines is 1. The van der Waals surface area contributed by atoms with E-state index in [9.17, 15) is 15.0 Å². The van der Waals surface area contributed by atoms with E-state index >= 15 is 0 Å². The summed E-state index contributed by atoms with van der Waals surface area (Å²) in [4.78, 5) is 17.6. The summed E-state index contributed by atoms with van der Waals surface area (Å²) in [5, 5.41) is 19.8. The fourth-order valence-electron chi connectivity index (χ4n) is 2.83. The highest BCUT2D eigenvalue weighted by Crippen LogP contribution is 2.45. The van der Waals surface area contributed by atoms with Crippen molar-refractivity contribution in [1.82, 2.24) is 4.90 Å². The summed E-state index contributed by atoms with van der Waals surface area (Å²) in [6.45, 7) is 1.23. The summed E-state index contributed by atoms with van der Waals surface area (Å²) in [7, 11) is 3.91. The zero-order chi connectivity index (χ0) is 18.0. The first-order valence-electron chi connectivity index (χ1n) is 8.16. The number of aromatic hydroxyl groups is 1. The van der Waals surface area contributed by atoms with E-state index in [-0.39, 0.29) is 24.1 Å². The summed E-state index contributed by atoms with van der Waals surface area (Å²) < 4.78 is 0. The molecule has 3 rings (SSSR count). The fraction of sp³-hybridized carbons (Fsp3) is 0.316. The lowest BCUT2D eigenvalue weighted by Gasteiger charge is -2.26. The summed E-state index contributed by atoms with van der Waals surface area (Å²) in [6, 6.07) is 14.4. The van der Waals surface area contributed by atoms with Crippen molar-refractivity contribution in [3.05, 3.63) is 54.1 Å². The average molecular weight is 395 g/mol. The molecule has 1 heterocycles. The Kier molecular flexibility index (Phi) is 6.94. The highest BCUT2D eigenvalue weighted by molar-refractivity contribution is 7.99. The molecular weight excluding hydrogens is 372 g/mol. The molecule has 0 radical (unpaired) electrons. The Morgan fingerprint density at radius 3 is 2.42 bits per heavy atom. The lowest BCUT2D eigenvalue weighted by atomic mass is 10.1. The van der Waals surface area contributed by atoms with Crippen molar-refractivity contribution in [3.63, 3.8) is 0 Å². The van der Waals surface area contributed by atoms with Crippen LogP contribution in [-0.2, 0) is 4.79 Å². The Bertz CT molecular complexity index is 755. The number of fused-ring (bicyclic) bond motifs is 1. The predicted octanol–water partition coefficient (Wildman–Crippen LogP) is 2.92. The first-order chi connectivity index (χ1) is 12.0. The molecule has 0 saturated heterocycles. The third kappa shape index (κ3) is 4.32. The normalized spacial score (nSPS) is 19.7. The van der Waals surface area contributed by atoms with E-state index in [4.69, 9.17) is 0 Å². The van der Waals surface area contributed by atoms with Crippen LogP contribution in [0.4, 0.5) is 5.69 Å². The van der Waals surface area contributed by atoms with Gasteiger partial charge in [0.1, 0.15) is 11.9 Å². The lowest BCUT2D eigenvalue weighted by molar-refractivity contribution is -0.126. The molecule has 1 aliphatic heterocycles. The van der Waals surface area contributed by atoms with E-state index in [1.54, 1.807) is 29.2 Å². The number of carbonyl (C=O) groups excluding carboxylic acids is 1. The number of thioether (sulfide) groups is 1. The lowest BCUT2D eigenvalue weighted by Crippen LogP contribution is -2.43. The van der Waals surface area contributed by atoms with Gasteiger partial charge in [-0.15, -0.1) is 24.2 Å². The number of para-hydroxylation sites is 1. The number of benzene rings is 2. The molecular formula is C19H23ClN2O3S. The van der Waals surface area contributed by atoms with E-state index < -0.39 is 11.4 Å². The smallest absolute Gasteiger partial charge is 0.257 e. The first kappa shape index (κ1) is 20.6. The molecule has 1 amide bonds. The van der Waals surface area contributed by atoms with Crippen molar-refractivity contribution in [1.29, 1.82) is 0 Å². The number of hydrogen-bond acceptors (Lipinski definition) is 5. The van der Waals surface area contributed by atoms with Gasteiger partial charge in [-0.05, 0) is 43.9 Å². The second-order valence-electron chi connectivity index (χ2n) is 6.34. The molecule has 1 aliphatic rings.